The molecule has 4 heteroatoms. The van der Waals surface area contributed by atoms with Gasteiger partial charge in [-0.25, -0.2) is 0 Å². The fraction of sp³-hybridized carbons (Fsp3) is 0.889. The second-order valence-electron chi connectivity index (χ2n) is 3.50. The Balaban J connectivity index is 2.29. The van der Waals surface area contributed by atoms with Gasteiger partial charge in [0.2, 0.25) is 0 Å². The van der Waals surface area contributed by atoms with Gasteiger partial charge >= 0.3 is 6.43 Å². The molecule has 13 heavy (non-hydrogen) atoms. The molecule has 2 nitrogen and oxygen atoms in total. The van der Waals surface area contributed by atoms with Gasteiger partial charge in [0.1, 0.15) is 0 Å². The zero-order valence-electron chi connectivity index (χ0n) is 7.56. The average Bonchev–Trinajstić information content (AvgIpc) is 2.32. The minimum Gasteiger partial charge on any atom is -0.348 e. The number of hydrogen-bond donors (Lipinski definition) is 1. The molecule has 1 aliphatic rings. The highest BCUT2D eigenvalue weighted by Gasteiger charge is 2.20. The van der Waals surface area contributed by atoms with Gasteiger partial charge in [0.05, 0.1) is 0 Å². The zero-order valence-corrected chi connectivity index (χ0v) is 7.56. The van der Waals surface area contributed by atoms with Crippen LogP contribution in [-0.4, -0.2) is 18.4 Å². The van der Waals surface area contributed by atoms with Crippen molar-refractivity contribution in [3.63, 3.8) is 0 Å². The summed E-state index contributed by atoms with van der Waals surface area (Å²) >= 11 is 0. The van der Waals surface area contributed by atoms with Gasteiger partial charge in [-0.05, 0) is 12.8 Å². The van der Waals surface area contributed by atoms with Crippen molar-refractivity contribution in [3.8, 4) is 0 Å². The summed E-state index contributed by atoms with van der Waals surface area (Å²) in [5, 5.41) is 2.37. The second-order valence-corrected chi connectivity index (χ2v) is 3.50. The fourth-order valence-electron chi connectivity index (χ4n) is 1.69. The van der Waals surface area contributed by atoms with E-state index in [0.29, 0.717) is 0 Å². The molecule has 0 aromatic rings. The number of carbonyl (C=O) groups is 1. The Bertz CT molecular complexity index is 165. The van der Waals surface area contributed by atoms with E-state index in [4.69, 9.17) is 0 Å². The van der Waals surface area contributed by atoms with Crippen molar-refractivity contribution in [2.45, 2.75) is 51.0 Å². The maximum absolute atomic E-state index is 11.9. The summed E-state index contributed by atoms with van der Waals surface area (Å²) in [7, 11) is 0. The van der Waals surface area contributed by atoms with Gasteiger partial charge in [-0.15, -0.1) is 0 Å². The first-order valence-electron chi connectivity index (χ1n) is 4.78. The predicted octanol–water partition coefficient (Wildman–Crippen LogP) is 2.09. The lowest BCUT2D eigenvalue weighted by Gasteiger charge is -2.15. The molecule has 0 aliphatic heterocycles. The molecular weight excluding hydrogens is 176 g/mol. The number of rotatable bonds is 2. The Hall–Kier alpha value is -0.670. The minimum atomic E-state index is -2.87. The van der Waals surface area contributed by atoms with E-state index in [-0.39, 0.29) is 6.04 Å². The lowest BCUT2D eigenvalue weighted by atomic mass is 10.1. The third kappa shape index (κ3) is 3.70. The molecule has 0 radical (unpaired) electrons. The molecule has 76 valence electrons. The Morgan fingerprint density at radius 3 is 2.15 bits per heavy atom. The van der Waals surface area contributed by atoms with E-state index in [1.807, 2.05) is 0 Å². The van der Waals surface area contributed by atoms with Crippen molar-refractivity contribution in [3.05, 3.63) is 0 Å². The maximum Gasteiger partial charge on any atom is 0.315 e. The standard InChI is InChI=1S/C9H15F2NO/c10-8(11)9(13)12-7-5-3-1-2-4-6-7/h7-8H,1-6H2,(H,12,13). The monoisotopic (exact) mass is 191 g/mol. The summed E-state index contributed by atoms with van der Waals surface area (Å²) < 4.78 is 23.7. The molecule has 0 saturated heterocycles. The third-order valence-corrected chi connectivity index (χ3v) is 2.40. The largest absolute Gasteiger partial charge is 0.348 e. The van der Waals surface area contributed by atoms with Crippen LogP contribution in [0, 0.1) is 0 Å². The molecule has 1 N–H and O–H groups in total. The van der Waals surface area contributed by atoms with Crippen LogP contribution >= 0.6 is 0 Å². The number of alkyl halides is 2. The van der Waals surface area contributed by atoms with Crippen LogP contribution in [0.1, 0.15) is 38.5 Å². The molecule has 0 spiro atoms. The molecule has 0 aromatic heterocycles. The van der Waals surface area contributed by atoms with Crippen molar-refractivity contribution in [1.29, 1.82) is 0 Å². The second kappa shape index (κ2) is 5.14. The van der Waals surface area contributed by atoms with Crippen LogP contribution in [0.5, 0.6) is 0 Å². The lowest BCUT2D eigenvalue weighted by molar-refractivity contribution is -0.132. The average molecular weight is 191 g/mol. The first kappa shape index (κ1) is 10.4. The number of amides is 1. The van der Waals surface area contributed by atoms with Crippen LogP contribution < -0.4 is 5.32 Å². The summed E-state index contributed by atoms with van der Waals surface area (Å²) in [5.41, 5.74) is 0. The highest BCUT2D eigenvalue weighted by Crippen LogP contribution is 2.17. The third-order valence-electron chi connectivity index (χ3n) is 2.40. The van der Waals surface area contributed by atoms with Crippen molar-refractivity contribution in [2.75, 3.05) is 0 Å². The van der Waals surface area contributed by atoms with Gasteiger partial charge < -0.3 is 5.32 Å². The normalized spacial score (nSPS) is 19.9. The Morgan fingerprint density at radius 2 is 1.69 bits per heavy atom. The smallest absolute Gasteiger partial charge is 0.315 e. The summed E-state index contributed by atoms with van der Waals surface area (Å²) in [5.74, 6) is -1.12. The molecule has 1 aliphatic carbocycles. The van der Waals surface area contributed by atoms with Crippen LogP contribution in [0.25, 0.3) is 0 Å². The van der Waals surface area contributed by atoms with Crippen LogP contribution in [0.4, 0.5) is 8.78 Å². The van der Waals surface area contributed by atoms with Crippen LogP contribution in [0.15, 0.2) is 0 Å². The Labute approximate surface area is 76.7 Å². The molecular formula is C9H15F2NO. The van der Waals surface area contributed by atoms with E-state index < -0.39 is 12.3 Å². The molecule has 1 saturated carbocycles. The molecule has 1 rings (SSSR count). The van der Waals surface area contributed by atoms with Crippen molar-refractivity contribution in [2.24, 2.45) is 0 Å². The Morgan fingerprint density at radius 1 is 1.15 bits per heavy atom. The van der Waals surface area contributed by atoms with E-state index in [9.17, 15) is 13.6 Å². The SMILES string of the molecule is O=C(NC1CCCCCC1)C(F)F. The minimum absolute atomic E-state index is 0.0241. The maximum atomic E-state index is 11.9. The zero-order chi connectivity index (χ0) is 9.68. The van der Waals surface area contributed by atoms with Crippen LogP contribution in [-0.2, 0) is 4.79 Å². The molecule has 0 atom stereocenters. The summed E-state index contributed by atoms with van der Waals surface area (Å²) in [4.78, 5) is 10.7. The first-order valence-corrected chi connectivity index (χ1v) is 4.78. The van der Waals surface area contributed by atoms with E-state index >= 15 is 0 Å². The predicted molar refractivity (Wildman–Crippen MR) is 45.6 cm³/mol. The first-order chi connectivity index (χ1) is 6.20. The molecule has 1 amide bonds. The van der Waals surface area contributed by atoms with E-state index in [1.165, 1.54) is 0 Å². The van der Waals surface area contributed by atoms with Crippen LogP contribution in [0.3, 0.4) is 0 Å². The number of hydrogen-bond acceptors (Lipinski definition) is 1. The highest BCUT2D eigenvalue weighted by molar-refractivity contribution is 5.79. The molecule has 0 bridgehead atoms. The number of halogens is 2. The molecule has 0 aromatic carbocycles. The van der Waals surface area contributed by atoms with Gasteiger partial charge in [-0.1, -0.05) is 25.7 Å². The van der Waals surface area contributed by atoms with E-state index in [2.05, 4.69) is 5.32 Å². The van der Waals surface area contributed by atoms with E-state index in [1.54, 1.807) is 0 Å². The molecule has 1 fully saturated rings. The highest BCUT2D eigenvalue weighted by atomic mass is 19.3. The lowest BCUT2D eigenvalue weighted by Crippen LogP contribution is -2.38. The molecule has 0 heterocycles. The number of nitrogens with one attached hydrogen (secondary N) is 1. The van der Waals surface area contributed by atoms with Gasteiger partial charge in [-0.2, -0.15) is 8.78 Å². The Kier molecular flexibility index (Phi) is 4.12. The van der Waals surface area contributed by atoms with Gasteiger partial charge in [0.15, 0.2) is 0 Å². The van der Waals surface area contributed by atoms with Crippen LogP contribution in [0.2, 0.25) is 0 Å². The fourth-order valence-corrected chi connectivity index (χ4v) is 1.69. The molecule has 0 unspecified atom stereocenters. The number of carbonyl (C=O) groups excluding carboxylic acids is 1. The van der Waals surface area contributed by atoms with Crippen molar-refractivity contribution in [1.82, 2.24) is 5.32 Å². The van der Waals surface area contributed by atoms with Gasteiger partial charge in [0, 0.05) is 6.04 Å². The summed E-state index contributed by atoms with van der Waals surface area (Å²) in [6.45, 7) is 0. The van der Waals surface area contributed by atoms with Gasteiger partial charge in [0.25, 0.3) is 5.91 Å². The topological polar surface area (TPSA) is 29.1 Å². The summed E-state index contributed by atoms with van der Waals surface area (Å²) in [6, 6.07) is -0.0241. The van der Waals surface area contributed by atoms with Crippen molar-refractivity contribution >= 4 is 5.91 Å². The van der Waals surface area contributed by atoms with Crippen molar-refractivity contribution < 1.29 is 13.6 Å². The quantitative estimate of drug-likeness (QED) is 0.665. The summed E-state index contributed by atoms with van der Waals surface area (Å²) in [6.07, 6.45) is 3.20. The van der Waals surface area contributed by atoms with Gasteiger partial charge in [-0.3, -0.25) is 4.79 Å². The van der Waals surface area contributed by atoms with E-state index in [0.717, 1.165) is 38.5 Å².